The van der Waals surface area contributed by atoms with Crippen LogP contribution in [0.25, 0.3) is 0 Å². The summed E-state index contributed by atoms with van der Waals surface area (Å²) in [5.41, 5.74) is 6.27. The van der Waals surface area contributed by atoms with Crippen LogP contribution in [0.4, 0.5) is 0 Å². The molecule has 0 radical (unpaired) electrons. The van der Waals surface area contributed by atoms with Crippen LogP contribution in [0.5, 0.6) is 0 Å². The fourth-order valence-electron chi connectivity index (χ4n) is 1.83. The van der Waals surface area contributed by atoms with E-state index in [9.17, 15) is 9.59 Å². The minimum Gasteiger partial charge on any atom is -0.273 e. The molecule has 0 saturated carbocycles. The maximum absolute atomic E-state index is 11.7. The topological polar surface area (TPSA) is 82.9 Å². The monoisotopic (exact) mass is 304 g/mol. The molecule has 21 heavy (non-hydrogen) atoms. The molecule has 1 atom stereocenters. The van der Waals surface area contributed by atoms with E-state index in [2.05, 4.69) is 21.1 Å². The van der Waals surface area contributed by atoms with Gasteiger partial charge in [0.1, 0.15) is 0 Å². The second-order valence-electron chi connectivity index (χ2n) is 4.55. The van der Waals surface area contributed by atoms with Gasteiger partial charge in [-0.3, -0.25) is 9.59 Å². The number of amides is 2. The van der Waals surface area contributed by atoms with Gasteiger partial charge in [-0.05, 0) is 30.9 Å². The van der Waals surface area contributed by atoms with Crippen molar-refractivity contribution in [2.24, 2.45) is 16.1 Å². The second-order valence-corrected chi connectivity index (χ2v) is 5.43. The number of nitrogens with one attached hydrogen (secondary N) is 2. The number of hydrogen-bond acceptors (Lipinski definition) is 5. The van der Waals surface area contributed by atoms with Gasteiger partial charge in [0.15, 0.2) is 0 Å². The molecule has 1 aromatic carbocycles. The summed E-state index contributed by atoms with van der Waals surface area (Å²) < 4.78 is 0. The van der Waals surface area contributed by atoms with Crippen LogP contribution in [-0.4, -0.2) is 30.0 Å². The van der Waals surface area contributed by atoms with Crippen LogP contribution in [0.1, 0.15) is 18.9 Å². The molecule has 0 aromatic heterocycles. The summed E-state index contributed by atoms with van der Waals surface area (Å²) in [4.78, 5) is 24.3. The van der Waals surface area contributed by atoms with Gasteiger partial charge >= 0.3 is 0 Å². The number of hydrazone groups is 2. The van der Waals surface area contributed by atoms with Crippen LogP contribution in [0.15, 0.2) is 39.4 Å². The van der Waals surface area contributed by atoms with Crippen molar-refractivity contribution in [1.82, 2.24) is 10.9 Å². The van der Waals surface area contributed by atoms with Gasteiger partial charge in [0.05, 0.1) is 12.1 Å². The fraction of sp³-hybridized carbons (Fsp3) is 0.286. The van der Waals surface area contributed by atoms with Crippen LogP contribution < -0.4 is 10.9 Å². The number of rotatable bonds is 5. The molecular formula is C14H16N4O2S. The second kappa shape index (κ2) is 7.03. The molecule has 7 heteroatoms. The Hall–Kier alpha value is -2.15. The van der Waals surface area contributed by atoms with E-state index in [0.29, 0.717) is 5.71 Å². The summed E-state index contributed by atoms with van der Waals surface area (Å²) in [5, 5.41) is 7.68. The number of carbonyl (C=O) groups is 2. The lowest BCUT2D eigenvalue weighted by Crippen LogP contribution is -2.29. The van der Waals surface area contributed by atoms with Crippen LogP contribution in [0.2, 0.25) is 0 Å². The lowest BCUT2D eigenvalue weighted by atomic mass is 10.0. The SMILES string of the molecule is CSc1ccc(/C=N\NC(=O)C[C@H]2C(=O)NN=C2C)cc1. The maximum atomic E-state index is 11.7. The first-order valence-electron chi connectivity index (χ1n) is 6.40. The average Bonchev–Trinajstić information content (AvgIpc) is 2.80. The predicted octanol–water partition coefficient (Wildman–Crippen LogP) is 1.37. The van der Waals surface area contributed by atoms with E-state index in [0.717, 1.165) is 10.5 Å². The van der Waals surface area contributed by atoms with Crippen molar-refractivity contribution in [3.63, 3.8) is 0 Å². The zero-order chi connectivity index (χ0) is 15.2. The number of carbonyl (C=O) groups excluding carboxylic acids is 2. The molecule has 0 aliphatic carbocycles. The highest BCUT2D eigenvalue weighted by Crippen LogP contribution is 2.14. The predicted molar refractivity (Wildman–Crippen MR) is 83.3 cm³/mol. The number of thioether (sulfide) groups is 1. The first kappa shape index (κ1) is 15.2. The molecule has 0 spiro atoms. The van der Waals surface area contributed by atoms with Crippen molar-refractivity contribution in [3.8, 4) is 0 Å². The number of benzene rings is 1. The van der Waals surface area contributed by atoms with Crippen molar-refractivity contribution in [3.05, 3.63) is 29.8 Å². The Bertz CT molecular complexity index is 595. The van der Waals surface area contributed by atoms with E-state index in [1.807, 2.05) is 30.5 Å². The quantitative estimate of drug-likeness (QED) is 0.489. The lowest BCUT2D eigenvalue weighted by Gasteiger charge is -2.05. The number of nitrogens with zero attached hydrogens (tertiary/aromatic N) is 2. The Morgan fingerprint density at radius 2 is 2.19 bits per heavy atom. The smallest absolute Gasteiger partial charge is 0.249 e. The van der Waals surface area contributed by atoms with E-state index in [-0.39, 0.29) is 18.2 Å². The van der Waals surface area contributed by atoms with E-state index in [1.165, 1.54) is 0 Å². The molecule has 0 saturated heterocycles. The Morgan fingerprint density at radius 3 is 2.76 bits per heavy atom. The highest BCUT2D eigenvalue weighted by atomic mass is 32.2. The normalized spacial score (nSPS) is 17.7. The Labute approximate surface area is 127 Å². The standard InChI is InChI=1S/C14H16N4O2S/c1-9-12(14(20)18-16-9)7-13(19)17-15-8-10-3-5-11(21-2)6-4-10/h3-6,8,12H,7H2,1-2H3,(H,17,19)(H,18,20)/b15-8-/t12-/m1/s1. The molecule has 1 aliphatic heterocycles. The van der Waals surface area contributed by atoms with Gasteiger partial charge in [0.2, 0.25) is 11.8 Å². The van der Waals surface area contributed by atoms with Crippen LogP contribution >= 0.6 is 11.8 Å². The summed E-state index contributed by atoms with van der Waals surface area (Å²) >= 11 is 1.66. The third-order valence-electron chi connectivity index (χ3n) is 3.07. The van der Waals surface area contributed by atoms with E-state index in [4.69, 9.17) is 0 Å². The molecule has 0 unspecified atom stereocenters. The average molecular weight is 304 g/mol. The van der Waals surface area contributed by atoms with Crippen molar-refractivity contribution in [2.75, 3.05) is 6.26 Å². The summed E-state index contributed by atoms with van der Waals surface area (Å²) in [7, 11) is 0. The van der Waals surface area contributed by atoms with Gasteiger partial charge in [-0.25, -0.2) is 10.9 Å². The maximum Gasteiger partial charge on any atom is 0.249 e. The first-order valence-corrected chi connectivity index (χ1v) is 7.62. The lowest BCUT2D eigenvalue weighted by molar-refractivity contribution is -0.127. The summed E-state index contributed by atoms with van der Waals surface area (Å²) in [6.45, 7) is 1.71. The van der Waals surface area contributed by atoms with Gasteiger partial charge in [0, 0.05) is 17.0 Å². The van der Waals surface area contributed by atoms with Crippen LogP contribution in [0, 0.1) is 5.92 Å². The zero-order valence-electron chi connectivity index (χ0n) is 11.8. The molecule has 2 N–H and O–H groups in total. The van der Waals surface area contributed by atoms with Gasteiger partial charge in [-0.15, -0.1) is 11.8 Å². The van der Waals surface area contributed by atoms with E-state index < -0.39 is 5.92 Å². The third-order valence-corrected chi connectivity index (χ3v) is 3.81. The van der Waals surface area contributed by atoms with Crippen LogP contribution in [0.3, 0.4) is 0 Å². The van der Waals surface area contributed by atoms with Gasteiger partial charge in [-0.2, -0.15) is 10.2 Å². The van der Waals surface area contributed by atoms with Gasteiger partial charge in [-0.1, -0.05) is 12.1 Å². The molecular weight excluding hydrogens is 288 g/mol. The minimum atomic E-state index is -0.499. The molecule has 2 rings (SSSR count). The molecule has 2 amide bonds. The molecule has 110 valence electrons. The van der Waals surface area contributed by atoms with E-state index >= 15 is 0 Å². The molecule has 1 aliphatic rings. The minimum absolute atomic E-state index is 0.0456. The van der Waals surface area contributed by atoms with Crippen molar-refractivity contribution in [2.45, 2.75) is 18.2 Å². The highest BCUT2D eigenvalue weighted by Gasteiger charge is 2.28. The summed E-state index contributed by atoms with van der Waals surface area (Å²) in [5.74, 6) is -1.07. The fourth-order valence-corrected chi connectivity index (χ4v) is 2.24. The van der Waals surface area contributed by atoms with Gasteiger partial charge < -0.3 is 0 Å². The summed E-state index contributed by atoms with van der Waals surface area (Å²) in [6.07, 6.45) is 3.62. The Balaban J connectivity index is 1.84. The van der Waals surface area contributed by atoms with Crippen molar-refractivity contribution >= 4 is 35.5 Å². The Kier molecular flexibility index (Phi) is 5.10. The zero-order valence-corrected chi connectivity index (χ0v) is 12.6. The third kappa shape index (κ3) is 4.16. The summed E-state index contributed by atoms with van der Waals surface area (Å²) in [6, 6.07) is 7.80. The highest BCUT2D eigenvalue weighted by molar-refractivity contribution is 7.98. The molecule has 1 heterocycles. The van der Waals surface area contributed by atoms with Crippen molar-refractivity contribution in [1.29, 1.82) is 0 Å². The number of hydrogen-bond donors (Lipinski definition) is 2. The van der Waals surface area contributed by atoms with Crippen LogP contribution in [-0.2, 0) is 9.59 Å². The first-order chi connectivity index (χ1) is 10.1. The van der Waals surface area contributed by atoms with Gasteiger partial charge in [0.25, 0.3) is 0 Å². The Morgan fingerprint density at radius 1 is 1.48 bits per heavy atom. The van der Waals surface area contributed by atoms with Crippen molar-refractivity contribution < 1.29 is 9.59 Å². The molecule has 0 bridgehead atoms. The largest absolute Gasteiger partial charge is 0.273 e. The molecule has 0 fully saturated rings. The molecule has 1 aromatic rings. The molecule has 6 nitrogen and oxygen atoms in total. The van der Waals surface area contributed by atoms with E-state index in [1.54, 1.807) is 24.9 Å².